The molecule has 0 heterocycles. The van der Waals surface area contributed by atoms with Gasteiger partial charge in [-0.1, -0.05) is 15.9 Å². The van der Waals surface area contributed by atoms with E-state index in [4.69, 9.17) is 0 Å². The first-order valence-corrected chi connectivity index (χ1v) is 8.62. The number of halogens is 1. The Bertz CT molecular complexity index is 773. The molecule has 0 unspecified atom stereocenters. The van der Waals surface area contributed by atoms with E-state index in [9.17, 15) is 18.5 Å². The number of nitro benzene ring substituents is 1. The fourth-order valence-corrected chi connectivity index (χ4v) is 3.70. The highest BCUT2D eigenvalue weighted by Gasteiger charge is 2.24. The monoisotopic (exact) mass is 384 g/mol. The third kappa shape index (κ3) is 3.28. The summed E-state index contributed by atoms with van der Waals surface area (Å²) in [6, 6.07) is 11.7. The van der Waals surface area contributed by atoms with Gasteiger partial charge in [0.1, 0.15) is 0 Å². The third-order valence-electron chi connectivity index (χ3n) is 3.04. The molecule has 22 heavy (non-hydrogen) atoms. The first-order valence-electron chi connectivity index (χ1n) is 6.39. The van der Waals surface area contributed by atoms with Crippen LogP contribution in [0.4, 0.5) is 11.4 Å². The largest absolute Gasteiger partial charge is 0.269 e. The van der Waals surface area contributed by atoms with Gasteiger partial charge in [-0.25, -0.2) is 8.42 Å². The van der Waals surface area contributed by atoms with Gasteiger partial charge in [-0.3, -0.25) is 14.4 Å². The van der Waals surface area contributed by atoms with Crippen molar-refractivity contribution in [2.24, 2.45) is 0 Å². The zero-order valence-corrected chi connectivity index (χ0v) is 14.0. The van der Waals surface area contributed by atoms with Gasteiger partial charge in [0, 0.05) is 23.2 Å². The number of nitro groups is 1. The Balaban J connectivity index is 2.42. The fourth-order valence-electron chi connectivity index (χ4n) is 1.97. The molecule has 0 fully saturated rings. The summed E-state index contributed by atoms with van der Waals surface area (Å²) in [5.74, 6) is 0. The number of rotatable bonds is 5. The fraction of sp³-hybridized carbons (Fsp3) is 0.143. The zero-order chi connectivity index (χ0) is 16.3. The quantitative estimate of drug-likeness (QED) is 0.582. The number of hydrogen-bond acceptors (Lipinski definition) is 4. The Hall–Kier alpha value is -1.93. The van der Waals surface area contributed by atoms with Crippen molar-refractivity contribution < 1.29 is 13.3 Å². The SMILES string of the molecule is CCN(c1ccc(Br)cc1)S(=O)(=O)c1ccc([N+](=O)[O-])cc1. The second kappa shape index (κ2) is 6.45. The van der Waals surface area contributed by atoms with Gasteiger partial charge in [0.15, 0.2) is 0 Å². The van der Waals surface area contributed by atoms with Crippen molar-refractivity contribution in [2.45, 2.75) is 11.8 Å². The van der Waals surface area contributed by atoms with Crippen LogP contribution in [0.2, 0.25) is 0 Å². The van der Waals surface area contributed by atoms with E-state index in [2.05, 4.69) is 15.9 Å². The summed E-state index contributed by atoms with van der Waals surface area (Å²) in [6.07, 6.45) is 0. The van der Waals surface area contributed by atoms with E-state index in [-0.39, 0.29) is 17.1 Å². The van der Waals surface area contributed by atoms with Gasteiger partial charge in [0.25, 0.3) is 15.7 Å². The average Bonchev–Trinajstić information content (AvgIpc) is 2.50. The van der Waals surface area contributed by atoms with Gasteiger partial charge < -0.3 is 0 Å². The predicted octanol–water partition coefficient (Wildman–Crippen LogP) is 3.57. The molecule has 0 amide bonds. The lowest BCUT2D eigenvalue weighted by Crippen LogP contribution is -2.30. The highest BCUT2D eigenvalue weighted by molar-refractivity contribution is 9.10. The summed E-state index contributed by atoms with van der Waals surface area (Å²) in [6.45, 7) is 1.98. The molecule has 0 radical (unpaired) electrons. The zero-order valence-electron chi connectivity index (χ0n) is 11.6. The van der Waals surface area contributed by atoms with Crippen LogP contribution in [-0.2, 0) is 10.0 Å². The van der Waals surface area contributed by atoms with Gasteiger partial charge in [0.2, 0.25) is 0 Å². The molecule has 0 N–H and O–H groups in total. The molecule has 0 bridgehead atoms. The first-order chi connectivity index (χ1) is 10.4. The number of sulfonamides is 1. The smallest absolute Gasteiger partial charge is 0.267 e. The van der Waals surface area contributed by atoms with Crippen LogP contribution in [0.15, 0.2) is 57.9 Å². The van der Waals surface area contributed by atoms with Crippen molar-refractivity contribution in [1.82, 2.24) is 0 Å². The lowest BCUT2D eigenvalue weighted by molar-refractivity contribution is -0.384. The summed E-state index contributed by atoms with van der Waals surface area (Å²) in [5, 5.41) is 10.6. The maximum atomic E-state index is 12.7. The van der Waals surface area contributed by atoms with Crippen LogP contribution in [0.5, 0.6) is 0 Å². The molecule has 116 valence electrons. The Labute approximate surface area is 136 Å². The van der Waals surface area contributed by atoms with E-state index in [1.54, 1.807) is 31.2 Å². The maximum Gasteiger partial charge on any atom is 0.269 e. The molecule has 0 aliphatic rings. The molecule has 2 aromatic carbocycles. The molecule has 0 spiro atoms. The number of anilines is 1. The Morgan fingerprint density at radius 1 is 1.09 bits per heavy atom. The molecular weight excluding hydrogens is 372 g/mol. The summed E-state index contributed by atoms with van der Waals surface area (Å²) in [7, 11) is -3.76. The summed E-state index contributed by atoms with van der Waals surface area (Å²) in [5.41, 5.74) is 0.384. The first kappa shape index (κ1) is 16.4. The number of non-ortho nitro benzene ring substituents is 1. The van der Waals surface area contributed by atoms with Crippen LogP contribution in [0.3, 0.4) is 0 Å². The molecule has 2 aromatic rings. The summed E-state index contributed by atoms with van der Waals surface area (Å²) in [4.78, 5) is 10.1. The Kier molecular flexibility index (Phi) is 4.82. The summed E-state index contributed by atoms with van der Waals surface area (Å²) >= 11 is 3.30. The minimum absolute atomic E-state index is 0.0165. The van der Waals surface area contributed by atoms with Crippen LogP contribution >= 0.6 is 15.9 Å². The highest BCUT2D eigenvalue weighted by atomic mass is 79.9. The average molecular weight is 385 g/mol. The lowest BCUT2D eigenvalue weighted by Gasteiger charge is -2.22. The number of nitrogens with zero attached hydrogens (tertiary/aromatic N) is 2. The van der Waals surface area contributed by atoms with E-state index in [0.29, 0.717) is 5.69 Å². The number of hydrogen-bond donors (Lipinski definition) is 0. The molecule has 0 saturated heterocycles. The van der Waals surface area contributed by atoms with E-state index in [0.717, 1.165) is 4.47 Å². The van der Waals surface area contributed by atoms with E-state index in [1.807, 2.05) is 0 Å². The maximum absolute atomic E-state index is 12.7. The van der Waals surface area contributed by atoms with Crippen molar-refractivity contribution in [3.8, 4) is 0 Å². The minimum atomic E-state index is -3.76. The van der Waals surface area contributed by atoms with Gasteiger partial charge >= 0.3 is 0 Å². The topological polar surface area (TPSA) is 80.5 Å². The Morgan fingerprint density at radius 3 is 2.09 bits per heavy atom. The van der Waals surface area contributed by atoms with Crippen molar-refractivity contribution in [1.29, 1.82) is 0 Å². The van der Waals surface area contributed by atoms with Crippen LogP contribution in [-0.4, -0.2) is 19.9 Å². The van der Waals surface area contributed by atoms with E-state index in [1.165, 1.54) is 28.6 Å². The molecule has 6 nitrogen and oxygen atoms in total. The van der Waals surface area contributed by atoms with Crippen molar-refractivity contribution in [3.63, 3.8) is 0 Å². The standard InChI is InChI=1S/C14H13BrN2O4S/c1-2-16(12-5-3-11(15)4-6-12)22(20,21)14-9-7-13(8-10-14)17(18)19/h3-10H,2H2,1H3. The lowest BCUT2D eigenvalue weighted by atomic mass is 10.3. The third-order valence-corrected chi connectivity index (χ3v) is 5.48. The molecule has 0 aromatic heterocycles. The molecule has 0 aliphatic carbocycles. The van der Waals surface area contributed by atoms with Gasteiger partial charge in [-0.05, 0) is 43.3 Å². The molecule has 0 aliphatic heterocycles. The van der Waals surface area contributed by atoms with Gasteiger partial charge in [-0.15, -0.1) is 0 Å². The van der Waals surface area contributed by atoms with Gasteiger partial charge in [-0.2, -0.15) is 0 Å². The van der Waals surface area contributed by atoms with E-state index < -0.39 is 14.9 Å². The minimum Gasteiger partial charge on any atom is -0.267 e. The summed E-state index contributed by atoms with van der Waals surface area (Å²) < 4.78 is 27.4. The van der Waals surface area contributed by atoms with E-state index >= 15 is 0 Å². The second-order valence-corrected chi connectivity index (χ2v) is 7.18. The molecule has 8 heteroatoms. The normalized spacial score (nSPS) is 11.2. The Morgan fingerprint density at radius 2 is 1.64 bits per heavy atom. The number of benzene rings is 2. The van der Waals surface area contributed by atoms with Crippen LogP contribution in [0.1, 0.15) is 6.92 Å². The predicted molar refractivity (Wildman–Crippen MR) is 87.4 cm³/mol. The molecule has 0 atom stereocenters. The van der Waals surface area contributed by atoms with Crippen molar-refractivity contribution in [3.05, 3.63) is 63.1 Å². The van der Waals surface area contributed by atoms with Crippen molar-refractivity contribution in [2.75, 3.05) is 10.8 Å². The van der Waals surface area contributed by atoms with Gasteiger partial charge in [0.05, 0.1) is 15.5 Å². The molecule has 0 saturated carbocycles. The molecule has 2 rings (SSSR count). The second-order valence-electron chi connectivity index (χ2n) is 4.40. The van der Waals surface area contributed by atoms with Crippen LogP contribution in [0, 0.1) is 10.1 Å². The van der Waals surface area contributed by atoms with Crippen molar-refractivity contribution >= 4 is 37.3 Å². The molecular formula is C14H13BrN2O4S. The van der Waals surface area contributed by atoms with Crippen LogP contribution < -0.4 is 4.31 Å². The van der Waals surface area contributed by atoms with Crippen LogP contribution in [0.25, 0.3) is 0 Å². The highest BCUT2D eigenvalue weighted by Crippen LogP contribution is 2.26.